The van der Waals surface area contributed by atoms with Gasteiger partial charge in [0.1, 0.15) is 17.7 Å². The van der Waals surface area contributed by atoms with E-state index in [2.05, 4.69) is 20.3 Å². The average Bonchev–Trinajstić information content (AvgIpc) is 3.05. The number of hydrogen-bond donors (Lipinski definition) is 2. The number of carbonyl (C=O) groups excluding carboxylic acids is 1. The zero-order valence-electron chi connectivity index (χ0n) is 14.4. The SMILES string of the molecule is N[C@H]1CCN(Cc2ccn3ncnc(Nc4ccc(F)c(Cl)c4)c23)CC1=O. The molecule has 4 rings (SSSR count). The van der Waals surface area contributed by atoms with E-state index in [1.54, 1.807) is 10.6 Å². The molecule has 0 spiro atoms. The number of carbonyl (C=O) groups is 1. The summed E-state index contributed by atoms with van der Waals surface area (Å²) in [5, 5.41) is 7.43. The normalized spacial score (nSPS) is 18.2. The van der Waals surface area contributed by atoms with E-state index >= 15 is 0 Å². The van der Waals surface area contributed by atoms with Gasteiger partial charge in [-0.2, -0.15) is 5.10 Å². The Kier molecular flexibility index (Phi) is 4.77. The van der Waals surface area contributed by atoms with Crippen LogP contribution in [-0.2, 0) is 11.3 Å². The number of nitrogens with one attached hydrogen (secondary N) is 1. The number of halogens is 2. The Morgan fingerprint density at radius 1 is 1.37 bits per heavy atom. The van der Waals surface area contributed by atoms with E-state index in [4.69, 9.17) is 17.3 Å². The predicted molar refractivity (Wildman–Crippen MR) is 101 cm³/mol. The number of nitrogens with two attached hydrogens (primary N) is 1. The first kappa shape index (κ1) is 17.8. The standard InChI is InChI=1S/C18H18ClFN6O/c19-13-7-12(1-2-14(13)20)24-18-17-11(3-6-26(17)23-10-22-18)8-25-5-4-15(21)16(27)9-25/h1-3,6-7,10,15H,4-5,8-9,21H2,(H,22,23,24)/t15-/m0/s1. The lowest BCUT2D eigenvalue weighted by molar-refractivity contribution is -0.123. The molecule has 3 N–H and O–H groups in total. The third-order valence-corrected chi connectivity index (χ3v) is 4.95. The molecule has 2 aromatic heterocycles. The van der Waals surface area contributed by atoms with Crippen molar-refractivity contribution >= 4 is 34.4 Å². The number of fused-ring (bicyclic) bond motifs is 1. The zero-order valence-corrected chi connectivity index (χ0v) is 15.2. The molecule has 0 radical (unpaired) electrons. The second-order valence-electron chi connectivity index (χ2n) is 6.57. The molecule has 7 nitrogen and oxygen atoms in total. The molecule has 27 heavy (non-hydrogen) atoms. The lowest BCUT2D eigenvalue weighted by Gasteiger charge is -2.28. The van der Waals surface area contributed by atoms with Crippen LogP contribution >= 0.6 is 11.6 Å². The van der Waals surface area contributed by atoms with E-state index in [1.807, 2.05) is 12.3 Å². The maximum Gasteiger partial charge on any atom is 0.163 e. The van der Waals surface area contributed by atoms with Gasteiger partial charge in [0.2, 0.25) is 0 Å². The van der Waals surface area contributed by atoms with Crippen LogP contribution in [0.25, 0.3) is 5.52 Å². The van der Waals surface area contributed by atoms with Crippen LogP contribution in [0.4, 0.5) is 15.9 Å². The molecule has 0 amide bonds. The number of ketones is 1. The Labute approximate surface area is 159 Å². The summed E-state index contributed by atoms with van der Waals surface area (Å²) >= 11 is 5.86. The molecule has 3 heterocycles. The van der Waals surface area contributed by atoms with Crippen LogP contribution in [0.5, 0.6) is 0 Å². The maximum atomic E-state index is 13.4. The first-order valence-electron chi connectivity index (χ1n) is 8.55. The molecule has 3 aromatic rings. The van der Waals surface area contributed by atoms with Crippen molar-refractivity contribution < 1.29 is 9.18 Å². The molecule has 1 aliphatic rings. The molecule has 1 saturated heterocycles. The Morgan fingerprint density at radius 2 is 2.22 bits per heavy atom. The number of anilines is 2. The summed E-state index contributed by atoms with van der Waals surface area (Å²) in [4.78, 5) is 18.3. The van der Waals surface area contributed by atoms with Crippen molar-refractivity contribution in [2.75, 3.05) is 18.4 Å². The highest BCUT2D eigenvalue weighted by molar-refractivity contribution is 6.31. The molecule has 0 saturated carbocycles. The van der Waals surface area contributed by atoms with E-state index in [0.717, 1.165) is 17.6 Å². The number of hydrogen-bond acceptors (Lipinski definition) is 6. The second kappa shape index (κ2) is 7.22. The van der Waals surface area contributed by atoms with Gasteiger partial charge in [0, 0.05) is 25.0 Å². The van der Waals surface area contributed by atoms with Crippen LogP contribution in [0.3, 0.4) is 0 Å². The van der Waals surface area contributed by atoms with Crippen LogP contribution in [0.2, 0.25) is 5.02 Å². The Balaban J connectivity index is 1.63. The van der Waals surface area contributed by atoms with Gasteiger partial charge in [-0.25, -0.2) is 13.9 Å². The molecule has 0 bridgehead atoms. The van der Waals surface area contributed by atoms with Gasteiger partial charge in [-0.15, -0.1) is 0 Å². The molecular weight excluding hydrogens is 371 g/mol. The van der Waals surface area contributed by atoms with Crippen molar-refractivity contribution in [3.63, 3.8) is 0 Å². The largest absolute Gasteiger partial charge is 0.338 e. The summed E-state index contributed by atoms with van der Waals surface area (Å²) in [6.07, 6.45) is 3.93. The van der Waals surface area contributed by atoms with Crippen LogP contribution in [0, 0.1) is 5.82 Å². The maximum absolute atomic E-state index is 13.4. The molecular formula is C18H18ClFN6O. The number of piperidine rings is 1. The Bertz CT molecular complexity index is 1010. The van der Waals surface area contributed by atoms with Gasteiger partial charge in [-0.1, -0.05) is 11.6 Å². The summed E-state index contributed by atoms with van der Waals surface area (Å²) < 4.78 is 15.1. The molecule has 1 atom stereocenters. The van der Waals surface area contributed by atoms with Gasteiger partial charge in [0.05, 0.1) is 17.6 Å². The molecule has 9 heteroatoms. The highest BCUT2D eigenvalue weighted by Gasteiger charge is 2.25. The summed E-state index contributed by atoms with van der Waals surface area (Å²) in [6.45, 7) is 1.68. The monoisotopic (exact) mass is 388 g/mol. The predicted octanol–water partition coefficient (Wildman–Crippen LogP) is 2.37. The summed E-state index contributed by atoms with van der Waals surface area (Å²) in [5.74, 6) is 0.152. The van der Waals surface area contributed by atoms with Gasteiger partial charge in [-0.3, -0.25) is 9.69 Å². The first-order valence-corrected chi connectivity index (χ1v) is 8.93. The minimum atomic E-state index is -0.480. The van der Waals surface area contributed by atoms with Crippen molar-refractivity contribution in [1.29, 1.82) is 0 Å². The van der Waals surface area contributed by atoms with E-state index < -0.39 is 5.82 Å². The number of Topliss-reactive ketones (excluding diaryl/α,β-unsaturated/α-hetero) is 1. The van der Waals surface area contributed by atoms with Crippen LogP contribution in [-0.4, -0.2) is 44.4 Å². The van der Waals surface area contributed by atoms with Crippen LogP contribution in [0.1, 0.15) is 12.0 Å². The number of benzene rings is 1. The minimum Gasteiger partial charge on any atom is -0.338 e. The highest BCUT2D eigenvalue weighted by Crippen LogP contribution is 2.26. The summed E-state index contributed by atoms with van der Waals surface area (Å²) in [6, 6.07) is 5.97. The van der Waals surface area contributed by atoms with E-state index in [1.165, 1.54) is 18.5 Å². The second-order valence-corrected chi connectivity index (χ2v) is 6.98. The van der Waals surface area contributed by atoms with Crippen molar-refractivity contribution in [2.45, 2.75) is 19.0 Å². The van der Waals surface area contributed by atoms with Crippen molar-refractivity contribution in [1.82, 2.24) is 19.5 Å². The van der Waals surface area contributed by atoms with Crippen molar-refractivity contribution in [3.8, 4) is 0 Å². The lowest BCUT2D eigenvalue weighted by Crippen LogP contribution is -2.47. The molecule has 0 aliphatic carbocycles. The van der Waals surface area contributed by atoms with Gasteiger partial charge in [0.15, 0.2) is 11.6 Å². The molecule has 1 aliphatic heterocycles. The third-order valence-electron chi connectivity index (χ3n) is 4.66. The third kappa shape index (κ3) is 3.64. The average molecular weight is 389 g/mol. The zero-order chi connectivity index (χ0) is 19.0. The molecule has 1 aromatic carbocycles. The summed E-state index contributed by atoms with van der Waals surface area (Å²) in [5.41, 5.74) is 8.18. The quantitative estimate of drug-likeness (QED) is 0.713. The Morgan fingerprint density at radius 3 is 3.00 bits per heavy atom. The van der Waals surface area contributed by atoms with Gasteiger partial charge in [-0.05, 0) is 36.2 Å². The molecule has 0 unspecified atom stereocenters. The van der Waals surface area contributed by atoms with E-state index in [9.17, 15) is 9.18 Å². The van der Waals surface area contributed by atoms with Gasteiger partial charge < -0.3 is 11.1 Å². The topological polar surface area (TPSA) is 88.6 Å². The lowest BCUT2D eigenvalue weighted by atomic mass is 10.0. The van der Waals surface area contributed by atoms with Crippen LogP contribution in [0.15, 0.2) is 36.8 Å². The summed E-state index contributed by atoms with van der Waals surface area (Å²) in [7, 11) is 0. The smallest absolute Gasteiger partial charge is 0.163 e. The van der Waals surface area contributed by atoms with Gasteiger partial charge >= 0.3 is 0 Å². The number of likely N-dealkylation sites (tertiary alicyclic amines) is 1. The minimum absolute atomic E-state index is 0.0313. The number of aromatic nitrogens is 3. The fourth-order valence-corrected chi connectivity index (χ4v) is 3.40. The number of nitrogens with zero attached hydrogens (tertiary/aromatic N) is 4. The van der Waals surface area contributed by atoms with E-state index in [-0.39, 0.29) is 16.8 Å². The highest BCUT2D eigenvalue weighted by atomic mass is 35.5. The van der Waals surface area contributed by atoms with Crippen LogP contribution < -0.4 is 11.1 Å². The van der Waals surface area contributed by atoms with Crippen molar-refractivity contribution in [3.05, 3.63) is 53.2 Å². The van der Waals surface area contributed by atoms with Gasteiger partial charge in [0.25, 0.3) is 0 Å². The molecule has 140 valence electrons. The fourth-order valence-electron chi connectivity index (χ4n) is 3.22. The van der Waals surface area contributed by atoms with E-state index in [0.29, 0.717) is 31.0 Å². The first-order chi connectivity index (χ1) is 13.0. The fraction of sp³-hybridized carbons (Fsp3) is 0.278. The molecule has 1 fully saturated rings. The Hall–Kier alpha value is -2.55. The number of rotatable bonds is 4. The van der Waals surface area contributed by atoms with Crippen molar-refractivity contribution in [2.24, 2.45) is 5.73 Å².